The molecule has 2 bridgehead atoms. The third-order valence-electron chi connectivity index (χ3n) is 5.79. The van der Waals surface area contributed by atoms with Crippen molar-refractivity contribution in [2.24, 2.45) is 23.7 Å². The zero-order valence-corrected chi connectivity index (χ0v) is 16.3. The van der Waals surface area contributed by atoms with Crippen LogP contribution < -0.4 is 20.5 Å². The van der Waals surface area contributed by atoms with Gasteiger partial charge >= 0.3 is 0 Å². The Hall–Kier alpha value is -3.61. The number of nitrogens with one attached hydrogen (secondary N) is 2. The fourth-order valence-corrected chi connectivity index (χ4v) is 4.38. The van der Waals surface area contributed by atoms with Gasteiger partial charge < -0.3 is 25.3 Å². The van der Waals surface area contributed by atoms with E-state index in [4.69, 9.17) is 4.74 Å². The fraction of sp³-hybridized carbons (Fsp3) is 0.261. The monoisotopic (exact) mass is 405 g/mol. The highest BCUT2D eigenvalue weighted by molar-refractivity contribution is 6.05. The van der Waals surface area contributed by atoms with Gasteiger partial charge in [-0.3, -0.25) is 9.59 Å². The number of ether oxygens (including phenoxy) is 1. The summed E-state index contributed by atoms with van der Waals surface area (Å²) in [6.45, 7) is 0. The first-order valence-corrected chi connectivity index (χ1v) is 9.72. The minimum Gasteiger partial charge on any atom is -0.550 e. The molecule has 1 fully saturated rings. The van der Waals surface area contributed by atoms with Gasteiger partial charge in [-0.2, -0.15) is 0 Å². The lowest BCUT2D eigenvalue weighted by Crippen LogP contribution is -2.42. The standard InChI is InChI=1S/C23H22N2O5/c1-30-18-12-16(9-10-17(18)25-21(26)13-5-3-2-4-6-13)24-22(27)19-14-7-8-15(11-14)20(19)23(28)29/h2-10,12,14-15,19-20H,11H2,1H3,(H,24,27)(H,25,26)(H,28,29)/p-1/t14-,15-,19-,20-/m1/s1. The van der Waals surface area contributed by atoms with Gasteiger partial charge in [-0.15, -0.1) is 0 Å². The van der Waals surface area contributed by atoms with E-state index in [0.717, 1.165) is 0 Å². The Balaban J connectivity index is 1.49. The molecule has 0 unspecified atom stereocenters. The van der Waals surface area contributed by atoms with Crippen LogP contribution >= 0.6 is 0 Å². The number of carbonyl (C=O) groups excluding carboxylic acids is 3. The summed E-state index contributed by atoms with van der Waals surface area (Å²) >= 11 is 0. The number of carboxylic acid groups (broad SMARTS) is 1. The first kappa shape index (κ1) is 19.7. The highest BCUT2D eigenvalue weighted by Gasteiger charge is 2.48. The maximum absolute atomic E-state index is 12.8. The largest absolute Gasteiger partial charge is 0.550 e. The maximum Gasteiger partial charge on any atom is 0.255 e. The van der Waals surface area contributed by atoms with Crippen LogP contribution in [0.1, 0.15) is 16.8 Å². The molecule has 7 heteroatoms. The molecule has 154 valence electrons. The molecule has 2 aliphatic carbocycles. The summed E-state index contributed by atoms with van der Waals surface area (Å²) in [4.78, 5) is 36.7. The van der Waals surface area contributed by atoms with Crippen molar-refractivity contribution in [2.75, 3.05) is 17.7 Å². The summed E-state index contributed by atoms with van der Waals surface area (Å²) in [7, 11) is 1.46. The minimum absolute atomic E-state index is 0.0933. The predicted molar refractivity (Wildman–Crippen MR) is 109 cm³/mol. The van der Waals surface area contributed by atoms with Gasteiger partial charge in [0.2, 0.25) is 5.91 Å². The second-order valence-electron chi connectivity index (χ2n) is 7.54. The summed E-state index contributed by atoms with van der Waals surface area (Å²) in [5.74, 6) is -3.17. The Morgan fingerprint density at radius 3 is 2.33 bits per heavy atom. The predicted octanol–water partition coefficient (Wildman–Crippen LogP) is 2.07. The summed E-state index contributed by atoms with van der Waals surface area (Å²) in [6.07, 6.45) is 4.43. The average molecular weight is 405 g/mol. The van der Waals surface area contributed by atoms with Crippen molar-refractivity contribution in [2.45, 2.75) is 6.42 Å². The molecule has 2 aromatic carbocycles. The highest BCUT2D eigenvalue weighted by atomic mass is 16.5. The van der Waals surface area contributed by atoms with Crippen LogP contribution in [-0.4, -0.2) is 24.9 Å². The van der Waals surface area contributed by atoms with Gasteiger partial charge in [-0.25, -0.2) is 0 Å². The van der Waals surface area contributed by atoms with Crippen LogP contribution in [0.3, 0.4) is 0 Å². The third kappa shape index (κ3) is 3.66. The Morgan fingerprint density at radius 2 is 1.67 bits per heavy atom. The van der Waals surface area contributed by atoms with Gasteiger partial charge in [0.1, 0.15) is 5.75 Å². The van der Waals surface area contributed by atoms with E-state index in [2.05, 4.69) is 10.6 Å². The van der Waals surface area contributed by atoms with Gasteiger partial charge in [-0.05, 0) is 42.5 Å². The molecule has 2 N–H and O–H groups in total. The van der Waals surface area contributed by atoms with E-state index >= 15 is 0 Å². The van der Waals surface area contributed by atoms with Gasteiger partial charge in [0.05, 0.1) is 18.7 Å². The smallest absolute Gasteiger partial charge is 0.255 e. The number of anilines is 2. The summed E-state index contributed by atoms with van der Waals surface area (Å²) in [5.41, 5.74) is 1.42. The number of carboxylic acids is 1. The van der Waals surface area contributed by atoms with E-state index in [1.807, 2.05) is 18.2 Å². The Labute approximate surface area is 173 Å². The third-order valence-corrected chi connectivity index (χ3v) is 5.79. The zero-order valence-electron chi connectivity index (χ0n) is 16.3. The molecule has 2 aromatic rings. The lowest BCUT2D eigenvalue weighted by atomic mass is 9.82. The van der Waals surface area contributed by atoms with E-state index in [1.165, 1.54) is 7.11 Å². The van der Waals surface area contributed by atoms with Crippen LogP contribution in [0.4, 0.5) is 11.4 Å². The van der Waals surface area contributed by atoms with E-state index < -0.39 is 17.8 Å². The van der Waals surface area contributed by atoms with Crippen LogP contribution in [0.15, 0.2) is 60.7 Å². The number of hydrogen-bond donors (Lipinski definition) is 2. The van der Waals surface area contributed by atoms with Crippen molar-refractivity contribution >= 4 is 29.2 Å². The molecular weight excluding hydrogens is 384 g/mol. The highest BCUT2D eigenvalue weighted by Crippen LogP contribution is 2.48. The Bertz CT molecular complexity index is 1020. The van der Waals surface area contributed by atoms with Gasteiger partial charge in [0.15, 0.2) is 0 Å². The zero-order chi connectivity index (χ0) is 21.3. The van der Waals surface area contributed by atoms with Crippen molar-refractivity contribution in [1.82, 2.24) is 0 Å². The minimum atomic E-state index is -1.19. The molecule has 4 rings (SSSR count). The average Bonchev–Trinajstić information content (AvgIpc) is 3.37. The summed E-state index contributed by atoms with van der Waals surface area (Å²) in [6, 6.07) is 13.6. The van der Waals surface area contributed by atoms with Crippen LogP contribution in [0.5, 0.6) is 5.75 Å². The second kappa shape index (κ2) is 8.02. The molecule has 4 atom stereocenters. The Morgan fingerprint density at radius 1 is 0.967 bits per heavy atom. The van der Waals surface area contributed by atoms with Crippen LogP contribution in [-0.2, 0) is 9.59 Å². The van der Waals surface area contributed by atoms with E-state index in [1.54, 1.807) is 42.5 Å². The Kier molecular flexibility index (Phi) is 5.27. The number of benzene rings is 2. The molecule has 2 aliphatic rings. The lowest BCUT2D eigenvalue weighted by Gasteiger charge is -2.27. The number of amides is 2. The quantitative estimate of drug-likeness (QED) is 0.716. The van der Waals surface area contributed by atoms with Crippen molar-refractivity contribution in [3.05, 3.63) is 66.2 Å². The normalized spacial score (nSPS) is 23.8. The van der Waals surface area contributed by atoms with Gasteiger partial charge in [-0.1, -0.05) is 30.4 Å². The molecule has 0 radical (unpaired) electrons. The number of aliphatic carboxylic acids is 1. The molecule has 30 heavy (non-hydrogen) atoms. The maximum atomic E-state index is 12.8. The van der Waals surface area contributed by atoms with Crippen LogP contribution in [0.25, 0.3) is 0 Å². The number of hydrogen-bond acceptors (Lipinski definition) is 5. The van der Waals surface area contributed by atoms with Crippen LogP contribution in [0.2, 0.25) is 0 Å². The van der Waals surface area contributed by atoms with Crippen molar-refractivity contribution in [3.8, 4) is 5.75 Å². The van der Waals surface area contributed by atoms with Gasteiger partial charge in [0, 0.05) is 29.2 Å². The molecule has 2 amide bonds. The first-order valence-electron chi connectivity index (χ1n) is 9.72. The van der Waals surface area contributed by atoms with E-state index in [9.17, 15) is 19.5 Å². The fourth-order valence-electron chi connectivity index (χ4n) is 4.38. The molecular formula is C23H21N2O5-. The van der Waals surface area contributed by atoms with E-state index in [-0.39, 0.29) is 23.7 Å². The number of allylic oxidation sites excluding steroid dienone is 2. The van der Waals surface area contributed by atoms with Crippen molar-refractivity contribution in [3.63, 3.8) is 0 Å². The molecule has 0 saturated heterocycles. The number of rotatable bonds is 6. The van der Waals surface area contributed by atoms with Gasteiger partial charge in [0.25, 0.3) is 5.91 Å². The summed E-state index contributed by atoms with van der Waals surface area (Å²) < 4.78 is 5.36. The molecule has 0 spiro atoms. The molecule has 0 aromatic heterocycles. The number of fused-ring (bicyclic) bond motifs is 2. The van der Waals surface area contributed by atoms with Crippen molar-refractivity contribution in [1.29, 1.82) is 0 Å². The topological polar surface area (TPSA) is 108 Å². The molecule has 1 saturated carbocycles. The summed E-state index contributed by atoms with van der Waals surface area (Å²) in [5, 5.41) is 17.1. The lowest BCUT2D eigenvalue weighted by molar-refractivity contribution is -0.313. The molecule has 0 heterocycles. The van der Waals surface area contributed by atoms with Crippen LogP contribution in [0, 0.1) is 23.7 Å². The van der Waals surface area contributed by atoms with Crippen molar-refractivity contribution < 1.29 is 24.2 Å². The number of carbonyl (C=O) groups is 3. The molecule has 7 nitrogen and oxygen atoms in total. The SMILES string of the molecule is COc1cc(NC(=O)[C@H]2[C@H](C(=O)[O-])[C@@H]3C=C[C@@H]2C3)ccc1NC(=O)c1ccccc1. The molecule has 0 aliphatic heterocycles. The number of methoxy groups -OCH3 is 1. The second-order valence-corrected chi connectivity index (χ2v) is 7.54. The van der Waals surface area contributed by atoms with E-state index in [0.29, 0.717) is 29.1 Å². The first-order chi connectivity index (χ1) is 14.5.